The van der Waals surface area contributed by atoms with Gasteiger partial charge in [0.1, 0.15) is 0 Å². The van der Waals surface area contributed by atoms with Gasteiger partial charge in [0.2, 0.25) is 0 Å². The molecule has 1 saturated carbocycles. The normalized spacial score (nSPS) is 20.8. The fourth-order valence-corrected chi connectivity index (χ4v) is 2.20. The molecule has 96 valence electrons. The van der Waals surface area contributed by atoms with Gasteiger partial charge in [-0.3, -0.25) is 0 Å². The molecule has 3 nitrogen and oxygen atoms in total. The molecule has 1 aliphatic carbocycles. The third kappa shape index (κ3) is 5.28. The second-order valence-corrected chi connectivity index (χ2v) is 5.72. The second-order valence-electron chi connectivity index (χ2n) is 5.72. The molecule has 0 radical (unpaired) electrons. The van der Waals surface area contributed by atoms with Crippen LogP contribution in [-0.4, -0.2) is 42.3 Å². The van der Waals surface area contributed by atoms with Gasteiger partial charge in [-0.1, -0.05) is 6.42 Å². The number of nitrogens with zero attached hydrogens (tertiary/aromatic N) is 1. The molecule has 0 heterocycles. The van der Waals surface area contributed by atoms with Crippen LogP contribution in [0, 0.1) is 5.92 Å². The third-order valence-electron chi connectivity index (χ3n) is 3.74. The van der Waals surface area contributed by atoms with Crippen LogP contribution in [0.4, 0.5) is 0 Å². The summed E-state index contributed by atoms with van der Waals surface area (Å²) in [5.41, 5.74) is 4.82. The van der Waals surface area contributed by atoms with E-state index in [1.165, 1.54) is 32.2 Å². The van der Waals surface area contributed by atoms with Crippen molar-refractivity contribution in [1.29, 1.82) is 0 Å². The standard InChI is InChI=1S/C13H28N2O/c1-13(16,11-14)8-3-4-9-15(2)10-12-6-5-7-12/h12,16H,3-11,14H2,1-2H3. The van der Waals surface area contributed by atoms with Crippen LogP contribution in [-0.2, 0) is 0 Å². The van der Waals surface area contributed by atoms with Crippen molar-refractivity contribution >= 4 is 0 Å². The lowest BCUT2D eigenvalue weighted by molar-refractivity contribution is 0.0563. The minimum atomic E-state index is -0.660. The van der Waals surface area contributed by atoms with Crippen molar-refractivity contribution < 1.29 is 5.11 Å². The minimum absolute atomic E-state index is 0.366. The molecular formula is C13H28N2O. The van der Waals surface area contributed by atoms with Gasteiger partial charge in [-0.25, -0.2) is 0 Å². The van der Waals surface area contributed by atoms with E-state index in [-0.39, 0.29) is 0 Å². The van der Waals surface area contributed by atoms with E-state index >= 15 is 0 Å². The molecule has 1 fully saturated rings. The molecule has 1 aliphatic rings. The summed E-state index contributed by atoms with van der Waals surface area (Å²) in [6.45, 7) is 4.60. The van der Waals surface area contributed by atoms with Gasteiger partial charge in [-0.05, 0) is 58.5 Å². The third-order valence-corrected chi connectivity index (χ3v) is 3.74. The highest BCUT2D eigenvalue weighted by molar-refractivity contribution is 4.74. The van der Waals surface area contributed by atoms with Crippen LogP contribution >= 0.6 is 0 Å². The summed E-state index contributed by atoms with van der Waals surface area (Å²) in [5.74, 6) is 0.956. The summed E-state index contributed by atoms with van der Waals surface area (Å²) in [6.07, 6.45) is 7.33. The minimum Gasteiger partial charge on any atom is -0.389 e. The van der Waals surface area contributed by atoms with Crippen molar-refractivity contribution in [2.75, 3.05) is 26.7 Å². The largest absolute Gasteiger partial charge is 0.389 e. The summed E-state index contributed by atoms with van der Waals surface area (Å²) < 4.78 is 0. The molecule has 0 aromatic heterocycles. The van der Waals surface area contributed by atoms with Crippen molar-refractivity contribution in [3.63, 3.8) is 0 Å². The summed E-state index contributed by atoms with van der Waals surface area (Å²) in [5, 5.41) is 9.74. The zero-order valence-corrected chi connectivity index (χ0v) is 10.9. The van der Waals surface area contributed by atoms with Gasteiger partial charge >= 0.3 is 0 Å². The SMILES string of the molecule is CN(CCCCC(C)(O)CN)CC1CCC1. The van der Waals surface area contributed by atoms with E-state index in [1.54, 1.807) is 0 Å². The van der Waals surface area contributed by atoms with Crippen LogP contribution in [0.25, 0.3) is 0 Å². The summed E-state index contributed by atoms with van der Waals surface area (Å²) >= 11 is 0. The Hall–Kier alpha value is -0.120. The van der Waals surface area contributed by atoms with Gasteiger partial charge in [0, 0.05) is 13.1 Å². The first-order chi connectivity index (χ1) is 7.53. The predicted molar refractivity (Wildman–Crippen MR) is 68.4 cm³/mol. The molecule has 0 aromatic carbocycles. The molecule has 1 unspecified atom stereocenters. The van der Waals surface area contributed by atoms with E-state index in [1.807, 2.05) is 6.92 Å². The van der Waals surface area contributed by atoms with Crippen LogP contribution in [0.15, 0.2) is 0 Å². The fraction of sp³-hybridized carbons (Fsp3) is 1.00. The lowest BCUT2D eigenvalue weighted by Crippen LogP contribution is -2.34. The highest BCUT2D eigenvalue weighted by Crippen LogP contribution is 2.26. The summed E-state index contributed by atoms with van der Waals surface area (Å²) in [7, 11) is 2.21. The molecule has 1 rings (SSSR count). The second kappa shape index (κ2) is 6.58. The Bertz CT molecular complexity index is 190. The van der Waals surface area contributed by atoms with E-state index < -0.39 is 5.60 Å². The number of hydrogen-bond donors (Lipinski definition) is 2. The first-order valence-electron chi connectivity index (χ1n) is 6.64. The molecular weight excluding hydrogens is 200 g/mol. The van der Waals surface area contributed by atoms with Crippen LogP contribution in [0.2, 0.25) is 0 Å². The maximum Gasteiger partial charge on any atom is 0.0741 e. The van der Waals surface area contributed by atoms with Gasteiger partial charge in [0.15, 0.2) is 0 Å². The first-order valence-corrected chi connectivity index (χ1v) is 6.64. The first kappa shape index (κ1) is 13.9. The fourth-order valence-electron chi connectivity index (χ4n) is 2.20. The highest BCUT2D eigenvalue weighted by atomic mass is 16.3. The Morgan fingerprint density at radius 1 is 1.38 bits per heavy atom. The maximum atomic E-state index is 9.74. The average molecular weight is 228 g/mol. The summed E-state index contributed by atoms with van der Waals surface area (Å²) in [4.78, 5) is 2.43. The number of rotatable bonds is 8. The van der Waals surface area contributed by atoms with Gasteiger partial charge in [0.05, 0.1) is 5.60 Å². The predicted octanol–water partition coefficient (Wildman–Crippen LogP) is 1.60. The lowest BCUT2D eigenvalue weighted by Gasteiger charge is -2.30. The van der Waals surface area contributed by atoms with Crippen molar-refractivity contribution in [1.82, 2.24) is 4.90 Å². The Labute approximate surface area is 100 Å². The molecule has 16 heavy (non-hydrogen) atoms. The zero-order chi connectivity index (χ0) is 12.0. The number of aliphatic hydroxyl groups is 1. The maximum absolute atomic E-state index is 9.74. The molecule has 3 N–H and O–H groups in total. The lowest BCUT2D eigenvalue weighted by atomic mass is 9.85. The molecule has 0 amide bonds. The monoisotopic (exact) mass is 228 g/mol. The Balaban J connectivity index is 1.97. The van der Waals surface area contributed by atoms with E-state index in [4.69, 9.17) is 5.73 Å². The number of unbranched alkanes of at least 4 members (excludes halogenated alkanes) is 1. The van der Waals surface area contributed by atoms with Crippen molar-refractivity contribution in [3.8, 4) is 0 Å². The van der Waals surface area contributed by atoms with Gasteiger partial charge in [-0.2, -0.15) is 0 Å². The topological polar surface area (TPSA) is 49.5 Å². The Morgan fingerprint density at radius 2 is 2.06 bits per heavy atom. The quantitative estimate of drug-likeness (QED) is 0.620. The van der Waals surface area contributed by atoms with Crippen LogP contribution in [0.5, 0.6) is 0 Å². The summed E-state index contributed by atoms with van der Waals surface area (Å²) in [6, 6.07) is 0. The van der Waals surface area contributed by atoms with E-state index in [0.29, 0.717) is 6.54 Å². The molecule has 0 aliphatic heterocycles. The molecule has 1 atom stereocenters. The number of hydrogen-bond acceptors (Lipinski definition) is 3. The molecule has 0 bridgehead atoms. The molecule has 0 spiro atoms. The van der Waals surface area contributed by atoms with E-state index in [0.717, 1.165) is 25.3 Å². The average Bonchev–Trinajstić information content (AvgIpc) is 2.19. The molecule has 3 heteroatoms. The van der Waals surface area contributed by atoms with Gasteiger partial charge in [-0.15, -0.1) is 0 Å². The van der Waals surface area contributed by atoms with Crippen LogP contribution < -0.4 is 5.73 Å². The molecule has 0 saturated heterocycles. The van der Waals surface area contributed by atoms with Crippen molar-refractivity contribution in [2.45, 2.75) is 51.0 Å². The number of nitrogens with two attached hydrogens (primary N) is 1. The van der Waals surface area contributed by atoms with Crippen molar-refractivity contribution in [3.05, 3.63) is 0 Å². The molecule has 0 aromatic rings. The van der Waals surface area contributed by atoms with Crippen molar-refractivity contribution in [2.24, 2.45) is 11.7 Å². The Morgan fingerprint density at radius 3 is 2.56 bits per heavy atom. The Kier molecular flexibility index (Phi) is 5.73. The van der Waals surface area contributed by atoms with Gasteiger partial charge in [0.25, 0.3) is 0 Å². The van der Waals surface area contributed by atoms with Crippen LogP contribution in [0.3, 0.4) is 0 Å². The zero-order valence-electron chi connectivity index (χ0n) is 10.9. The van der Waals surface area contributed by atoms with E-state index in [9.17, 15) is 5.11 Å². The highest BCUT2D eigenvalue weighted by Gasteiger charge is 2.19. The smallest absolute Gasteiger partial charge is 0.0741 e. The van der Waals surface area contributed by atoms with Crippen LogP contribution in [0.1, 0.15) is 45.4 Å². The van der Waals surface area contributed by atoms with Gasteiger partial charge < -0.3 is 15.7 Å². The van der Waals surface area contributed by atoms with E-state index in [2.05, 4.69) is 11.9 Å².